The van der Waals surface area contributed by atoms with Crippen LogP contribution in [-0.4, -0.2) is 40.2 Å². The van der Waals surface area contributed by atoms with E-state index >= 15 is 0 Å². The molecule has 0 bridgehead atoms. The van der Waals surface area contributed by atoms with Crippen molar-refractivity contribution in [2.45, 2.75) is 38.6 Å². The van der Waals surface area contributed by atoms with E-state index < -0.39 is 5.97 Å². The maximum Gasteiger partial charge on any atom is 0.356 e. The molecule has 2 heterocycles. The molecule has 0 spiro atoms. The van der Waals surface area contributed by atoms with E-state index in [4.69, 9.17) is 5.73 Å². The van der Waals surface area contributed by atoms with Crippen molar-refractivity contribution in [3.05, 3.63) is 17.7 Å². The average Bonchev–Trinajstić information content (AvgIpc) is 2.37. The van der Waals surface area contributed by atoms with Gasteiger partial charge in [-0.05, 0) is 12.8 Å². The summed E-state index contributed by atoms with van der Waals surface area (Å²) in [5.74, 6) is -0.350. The number of piperidine rings is 1. The summed E-state index contributed by atoms with van der Waals surface area (Å²) in [5.41, 5.74) is 6.59. The van der Waals surface area contributed by atoms with Crippen LogP contribution in [0.15, 0.2) is 6.20 Å². The summed E-state index contributed by atoms with van der Waals surface area (Å²) >= 11 is 0. The topological polar surface area (TPSA) is 92.3 Å². The SMILES string of the molecule is CC(C)c1ncc(N2CCCC(N)C2)c(C(=O)O)n1. The molecule has 1 fully saturated rings. The molecule has 0 radical (unpaired) electrons. The van der Waals surface area contributed by atoms with Gasteiger partial charge in [0, 0.05) is 25.0 Å². The van der Waals surface area contributed by atoms with Gasteiger partial charge < -0.3 is 15.7 Å². The average molecular weight is 264 g/mol. The summed E-state index contributed by atoms with van der Waals surface area (Å²) in [6, 6.07) is 0.0835. The quantitative estimate of drug-likeness (QED) is 0.853. The van der Waals surface area contributed by atoms with Gasteiger partial charge in [0.2, 0.25) is 0 Å². The summed E-state index contributed by atoms with van der Waals surface area (Å²) < 4.78 is 0. The van der Waals surface area contributed by atoms with Gasteiger partial charge in [0.15, 0.2) is 5.69 Å². The van der Waals surface area contributed by atoms with Gasteiger partial charge in [0.25, 0.3) is 0 Å². The van der Waals surface area contributed by atoms with Crippen LogP contribution in [0.2, 0.25) is 0 Å². The summed E-state index contributed by atoms with van der Waals surface area (Å²) in [5, 5.41) is 9.32. The molecule has 2 rings (SSSR count). The van der Waals surface area contributed by atoms with Crippen molar-refractivity contribution in [2.24, 2.45) is 5.73 Å². The lowest BCUT2D eigenvalue weighted by molar-refractivity contribution is 0.0690. The fourth-order valence-corrected chi connectivity index (χ4v) is 2.28. The Balaban J connectivity index is 2.36. The first-order valence-electron chi connectivity index (χ1n) is 6.59. The molecule has 6 nitrogen and oxygen atoms in total. The van der Waals surface area contributed by atoms with Crippen LogP contribution in [0.4, 0.5) is 5.69 Å². The van der Waals surface area contributed by atoms with E-state index in [0.717, 1.165) is 19.4 Å². The number of carboxylic acid groups (broad SMARTS) is 1. The predicted octanol–water partition coefficient (Wildman–Crippen LogP) is 1.23. The van der Waals surface area contributed by atoms with Gasteiger partial charge in [-0.3, -0.25) is 0 Å². The number of carbonyl (C=O) groups is 1. The minimum absolute atomic E-state index is 0.0767. The van der Waals surface area contributed by atoms with Crippen LogP contribution in [0.25, 0.3) is 0 Å². The summed E-state index contributed by atoms with van der Waals surface area (Å²) in [4.78, 5) is 21.8. The molecule has 0 aromatic carbocycles. The Labute approximate surface area is 112 Å². The zero-order valence-corrected chi connectivity index (χ0v) is 11.3. The Morgan fingerprint density at radius 1 is 1.58 bits per heavy atom. The first-order chi connectivity index (χ1) is 8.99. The Hall–Kier alpha value is -1.69. The van der Waals surface area contributed by atoms with Gasteiger partial charge in [0.1, 0.15) is 5.82 Å². The maximum atomic E-state index is 11.4. The van der Waals surface area contributed by atoms with Gasteiger partial charge in [-0.15, -0.1) is 0 Å². The first-order valence-corrected chi connectivity index (χ1v) is 6.59. The number of nitrogens with zero attached hydrogens (tertiary/aromatic N) is 3. The predicted molar refractivity (Wildman–Crippen MR) is 72.5 cm³/mol. The number of nitrogens with two attached hydrogens (primary N) is 1. The number of carboxylic acids is 1. The van der Waals surface area contributed by atoms with Crippen molar-refractivity contribution in [1.29, 1.82) is 0 Å². The molecule has 3 N–H and O–H groups in total. The van der Waals surface area contributed by atoms with Crippen LogP contribution in [-0.2, 0) is 0 Å². The van der Waals surface area contributed by atoms with Crippen molar-refractivity contribution in [3.63, 3.8) is 0 Å². The minimum atomic E-state index is -1.02. The molecule has 0 saturated carbocycles. The monoisotopic (exact) mass is 264 g/mol. The third-order valence-corrected chi connectivity index (χ3v) is 3.31. The summed E-state index contributed by atoms with van der Waals surface area (Å²) in [7, 11) is 0. The van der Waals surface area contributed by atoms with Gasteiger partial charge in [-0.25, -0.2) is 14.8 Å². The van der Waals surface area contributed by atoms with Crippen LogP contribution in [0.5, 0.6) is 0 Å². The van der Waals surface area contributed by atoms with E-state index in [1.54, 1.807) is 6.20 Å². The highest BCUT2D eigenvalue weighted by atomic mass is 16.4. The largest absolute Gasteiger partial charge is 0.476 e. The number of aromatic carboxylic acids is 1. The fraction of sp³-hybridized carbons (Fsp3) is 0.615. The molecule has 104 valence electrons. The summed E-state index contributed by atoms with van der Waals surface area (Å²) in [6.07, 6.45) is 3.56. The molecule has 1 saturated heterocycles. The highest BCUT2D eigenvalue weighted by Gasteiger charge is 2.24. The van der Waals surface area contributed by atoms with E-state index in [9.17, 15) is 9.90 Å². The number of anilines is 1. The molecule has 6 heteroatoms. The van der Waals surface area contributed by atoms with Crippen molar-refractivity contribution >= 4 is 11.7 Å². The molecular formula is C13H20N4O2. The minimum Gasteiger partial charge on any atom is -0.476 e. The van der Waals surface area contributed by atoms with E-state index in [-0.39, 0.29) is 17.7 Å². The lowest BCUT2D eigenvalue weighted by Gasteiger charge is -2.32. The van der Waals surface area contributed by atoms with E-state index in [1.165, 1.54) is 0 Å². The zero-order valence-electron chi connectivity index (χ0n) is 11.3. The zero-order chi connectivity index (χ0) is 14.0. The van der Waals surface area contributed by atoms with E-state index in [1.807, 2.05) is 18.7 Å². The van der Waals surface area contributed by atoms with Gasteiger partial charge >= 0.3 is 5.97 Å². The van der Waals surface area contributed by atoms with Gasteiger partial charge in [0.05, 0.1) is 11.9 Å². The van der Waals surface area contributed by atoms with Crippen molar-refractivity contribution in [1.82, 2.24) is 9.97 Å². The normalized spacial score (nSPS) is 19.8. The molecule has 19 heavy (non-hydrogen) atoms. The molecule has 1 aromatic heterocycles. The number of aromatic nitrogens is 2. The smallest absolute Gasteiger partial charge is 0.356 e. The molecule has 1 atom stereocenters. The second-order valence-corrected chi connectivity index (χ2v) is 5.27. The Bertz CT molecular complexity index is 476. The van der Waals surface area contributed by atoms with Crippen LogP contribution >= 0.6 is 0 Å². The van der Waals surface area contributed by atoms with E-state index in [2.05, 4.69) is 9.97 Å². The van der Waals surface area contributed by atoms with Crippen molar-refractivity contribution in [3.8, 4) is 0 Å². The molecular weight excluding hydrogens is 244 g/mol. The van der Waals surface area contributed by atoms with Gasteiger partial charge in [-0.1, -0.05) is 13.8 Å². The molecule has 0 aliphatic carbocycles. The number of rotatable bonds is 3. The van der Waals surface area contributed by atoms with Crippen molar-refractivity contribution < 1.29 is 9.90 Å². The lowest BCUT2D eigenvalue weighted by atomic mass is 10.1. The Morgan fingerprint density at radius 3 is 2.89 bits per heavy atom. The standard InChI is InChI=1S/C13H20N4O2/c1-8(2)12-15-6-10(11(16-12)13(18)19)17-5-3-4-9(14)7-17/h6,8-9H,3-5,7,14H2,1-2H3,(H,18,19). The Morgan fingerprint density at radius 2 is 2.32 bits per heavy atom. The third-order valence-electron chi connectivity index (χ3n) is 3.31. The van der Waals surface area contributed by atoms with Crippen LogP contribution in [0, 0.1) is 0 Å². The van der Waals surface area contributed by atoms with E-state index in [0.29, 0.717) is 18.1 Å². The van der Waals surface area contributed by atoms with Crippen LogP contribution in [0.1, 0.15) is 48.9 Å². The summed E-state index contributed by atoms with van der Waals surface area (Å²) in [6.45, 7) is 5.35. The first kappa shape index (κ1) is 13.7. The van der Waals surface area contributed by atoms with Crippen LogP contribution in [0.3, 0.4) is 0 Å². The second-order valence-electron chi connectivity index (χ2n) is 5.27. The molecule has 1 aromatic rings. The highest BCUT2D eigenvalue weighted by molar-refractivity contribution is 5.92. The highest BCUT2D eigenvalue weighted by Crippen LogP contribution is 2.23. The third kappa shape index (κ3) is 3.01. The van der Waals surface area contributed by atoms with Crippen LogP contribution < -0.4 is 10.6 Å². The van der Waals surface area contributed by atoms with Crippen molar-refractivity contribution in [2.75, 3.05) is 18.0 Å². The maximum absolute atomic E-state index is 11.4. The lowest BCUT2D eigenvalue weighted by Crippen LogP contribution is -2.43. The molecule has 1 aliphatic rings. The molecule has 0 amide bonds. The Kier molecular flexibility index (Phi) is 3.99. The molecule has 1 unspecified atom stereocenters. The fourth-order valence-electron chi connectivity index (χ4n) is 2.28. The second kappa shape index (κ2) is 5.52. The number of hydrogen-bond acceptors (Lipinski definition) is 5. The number of hydrogen-bond donors (Lipinski definition) is 2. The van der Waals surface area contributed by atoms with Gasteiger partial charge in [-0.2, -0.15) is 0 Å². The molecule has 1 aliphatic heterocycles.